The van der Waals surface area contributed by atoms with Gasteiger partial charge in [-0.15, -0.1) is 0 Å². The molecule has 0 spiro atoms. The first-order valence-electron chi connectivity index (χ1n) is 9.27. The van der Waals surface area contributed by atoms with Crippen LogP contribution in [0.5, 0.6) is 0 Å². The lowest BCUT2D eigenvalue weighted by molar-refractivity contribution is -0.249. The fraction of sp³-hybridized carbons (Fsp3) is 0.381. The highest BCUT2D eigenvalue weighted by molar-refractivity contribution is 5.97. The maximum atomic E-state index is 14.6. The van der Waals surface area contributed by atoms with Gasteiger partial charge in [-0.2, -0.15) is 13.2 Å². The van der Waals surface area contributed by atoms with Crippen molar-refractivity contribution in [3.05, 3.63) is 64.5 Å². The molecular formula is C21H20F5N3O2. The van der Waals surface area contributed by atoms with Gasteiger partial charge in [-0.1, -0.05) is 6.07 Å². The van der Waals surface area contributed by atoms with Crippen LogP contribution in [-0.4, -0.2) is 35.0 Å². The topological polar surface area (TPSA) is 77.6 Å². The molecule has 0 amide bonds. The Balaban J connectivity index is 1.94. The quantitative estimate of drug-likeness (QED) is 0.575. The summed E-state index contributed by atoms with van der Waals surface area (Å²) < 4.78 is 72.8. The van der Waals surface area contributed by atoms with Crippen molar-refractivity contribution in [1.82, 2.24) is 4.98 Å². The number of carbonyl (C=O) groups is 1. The number of aryl methyl sites for hydroxylation is 1. The molecule has 10 heteroatoms. The Labute approximate surface area is 175 Å². The summed E-state index contributed by atoms with van der Waals surface area (Å²) in [4.78, 5) is 20.3. The molecule has 1 aromatic heterocycles. The van der Waals surface area contributed by atoms with E-state index >= 15 is 0 Å². The lowest BCUT2D eigenvalue weighted by atomic mass is 9.88. The number of hydrogen-bond acceptors (Lipinski definition) is 5. The highest BCUT2D eigenvalue weighted by atomic mass is 19.4. The van der Waals surface area contributed by atoms with E-state index in [2.05, 4.69) is 9.98 Å². The Morgan fingerprint density at radius 3 is 2.48 bits per heavy atom. The molecule has 31 heavy (non-hydrogen) atoms. The van der Waals surface area contributed by atoms with Crippen molar-refractivity contribution in [2.45, 2.75) is 44.5 Å². The molecule has 0 unspecified atom stereocenters. The normalized spacial score (nSPS) is 24.1. The van der Waals surface area contributed by atoms with Gasteiger partial charge in [-0.3, -0.25) is 9.79 Å². The third kappa shape index (κ3) is 4.16. The number of hydrogen-bond donors (Lipinski definition) is 1. The van der Waals surface area contributed by atoms with Gasteiger partial charge in [0, 0.05) is 12.0 Å². The van der Waals surface area contributed by atoms with Gasteiger partial charge in [0.2, 0.25) is 5.60 Å². The Bertz CT molecular complexity index is 1070. The first-order chi connectivity index (χ1) is 14.3. The molecule has 0 radical (unpaired) electrons. The van der Waals surface area contributed by atoms with Gasteiger partial charge in [0.05, 0.1) is 12.8 Å². The molecule has 1 aliphatic heterocycles. The SMILES string of the molecule is Cc1cc(F)cnc1C(=O)Cc1ccc(F)c([C@]2(C)CO[C@@](C)(C(F)(F)F)C(N)=N2)c1. The number of alkyl halides is 3. The zero-order chi connectivity index (χ0) is 23.2. The number of Topliss-reactive ketones (excluding diaryl/α,β-unsaturated/α-hetero) is 1. The van der Waals surface area contributed by atoms with E-state index < -0.39 is 47.2 Å². The molecule has 2 heterocycles. The third-order valence-electron chi connectivity index (χ3n) is 5.32. The summed E-state index contributed by atoms with van der Waals surface area (Å²) in [7, 11) is 0. The Hall–Kier alpha value is -2.88. The van der Waals surface area contributed by atoms with E-state index in [4.69, 9.17) is 10.5 Å². The van der Waals surface area contributed by atoms with Crippen molar-refractivity contribution < 1.29 is 31.5 Å². The predicted molar refractivity (Wildman–Crippen MR) is 103 cm³/mol. The number of rotatable bonds is 4. The van der Waals surface area contributed by atoms with Crippen LogP contribution >= 0.6 is 0 Å². The second-order valence-electron chi connectivity index (χ2n) is 7.82. The number of ketones is 1. The van der Waals surface area contributed by atoms with Crippen LogP contribution < -0.4 is 5.73 Å². The van der Waals surface area contributed by atoms with Crippen LogP contribution in [0.25, 0.3) is 0 Å². The number of nitrogens with two attached hydrogens (primary N) is 1. The third-order valence-corrected chi connectivity index (χ3v) is 5.32. The van der Waals surface area contributed by atoms with Gasteiger partial charge in [-0.05, 0) is 50.1 Å². The first kappa shape index (κ1) is 22.8. The molecule has 2 aromatic rings. The highest BCUT2D eigenvalue weighted by Crippen LogP contribution is 2.41. The molecule has 2 N–H and O–H groups in total. The van der Waals surface area contributed by atoms with Crippen molar-refractivity contribution in [1.29, 1.82) is 0 Å². The molecule has 0 saturated carbocycles. The summed E-state index contributed by atoms with van der Waals surface area (Å²) in [6.45, 7) is 3.12. The molecule has 0 fully saturated rings. The van der Waals surface area contributed by atoms with E-state index in [1.807, 2.05) is 0 Å². The average molecular weight is 441 g/mol. The fourth-order valence-electron chi connectivity index (χ4n) is 3.33. The summed E-state index contributed by atoms with van der Waals surface area (Å²) in [6, 6.07) is 4.97. The Morgan fingerprint density at radius 2 is 1.90 bits per heavy atom. The van der Waals surface area contributed by atoms with Gasteiger partial charge >= 0.3 is 6.18 Å². The summed E-state index contributed by atoms with van der Waals surface area (Å²) in [6.07, 6.45) is -4.05. The van der Waals surface area contributed by atoms with E-state index in [0.29, 0.717) is 11.1 Å². The smallest absolute Gasteiger partial charge is 0.385 e. The Morgan fingerprint density at radius 1 is 1.23 bits per heavy atom. The molecule has 1 aliphatic rings. The predicted octanol–water partition coefficient (Wildman–Crippen LogP) is 4.02. The van der Waals surface area contributed by atoms with E-state index in [1.165, 1.54) is 32.0 Å². The number of nitrogens with zero attached hydrogens (tertiary/aromatic N) is 2. The molecule has 1 aromatic carbocycles. The first-order valence-corrected chi connectivity index (χ1v) is 9.27. The molecule has 5 nitrogen and oxygen atoms in total. The second-order valence-corrected chi connectivity index (χ2v) is 7.82. The van der Waals surface area contributed by atoms with Crippen LogP contribution in [0.1, 0.15) is 41.0 Å². The molecular weight excluding hydrogens is 421 g/mol. The standard InChI is InChI=1S/C21H20F5N3O2/c1-11-6-13(22)9-28-17(11)16(30)8-12-4-5-15(23)14(7-12)19(2)10-31-20(3,18(27)29-19)21(24,25)26/h4-7,9H,8,10H2,1-3H3,(H2,27,29)/t19-,20+/m0/s1. The molecule has 166 valence electrons. The summed E-state index contributed by atoms with van der Waals surface area (Å²) >= 11 is 0. The minimum absolute atomic E-state index is 0.0613. The fourth-order valence-corrected chi connectivity index (χ4v) is 3.33. The number of amidine groups is 1. The van der Waals surface area contributed by atoms with E-state index in [9.17, 15) is 26.7 Å². The number of ether oxygens (including phenoxy) is 1. The number of benzene rings is 1. The second kappa shape index (κ2) is 7.67. The number of pyridine rings is 1. The van der Waals surface area contributed by atoms with Crippen molar-refractivity contribution >= 4 is 11.6 Å². The van der Waals surface area contributed by atoms with Crippen molar-refractivity contribution in [2.75, 3.05) is 6.61 Å². The zero-order valence-electron chi connectivity index (χ0n) is 17.0. The van der Waals surface area contributed by atoms with Crippen LogP contribution in [0.4, 0.5) is 22.0 Å². The van der Waals surface area contributed by atoms with Crippen molar-refractivity contribution in [3.8, 4) is 0 Å². The van der Waals surface area contributed by atoms with Crippen molar-refractivity contribution in [2.24, 2.45) is 10.7 Å². The van der Waals surface area contributed by atoms with E-state index in [-0.39, 0.29) is 17.7 Å². The maximum Gasteiger partial charge on any atom is 0.424 e. The van der Waals surface area contributed by atoms with Crippen molar-refractivity contribution in [3.63, 3.8) is 0 Å². The number of aromatic nitrogens is 1. The van der Waals surface area contributed by atoms with Gasteiger partial charge in [0.25, 0.3) is 0 Å². The lowest BCUT2D eigenvalue weighted by Crippen LogP contribution is -2.60. The maximum absolute atomic E-state index is 14.6. The largest absolute Gasteiger partial charge is 0.424 e. The minimum atomic E-state index is -4.80. The number of halogens is 5. The zero-order valence-corrected chi connectivity index (χ0v) is 17.0. The van der Waals surface area contributed by atoms with Crippen LogP contribution in [0.15, 0.2) is 35.5 Å². The monoisotopic (exact) mass is 441 g/mol. The van der Waals surface area contributed by atoms with E-state index in [1.54, 1.807) is 0 Å². The lowest BCUT2D eigenvalue weighted by Gasteiger charge is -2.41. The molecule has 3 rings (SSSR count). The number of carbonyl (C=O) groups excluding carboxylic acids is 1. The van der Waals surface area contributed by atoms with Crippen LogP contribution in [0, 0.1) is 18.6 Å². The van der Waals surface area contributed by atoms with Gasteiger partial charge in [-0.25, -0.2) is 13.8 Å². The number of aliphatic imine (C=N–C) groups is 1. The van der Waals surface area contributed by atoms with Gasteiger partial charge in [0.1, 0.15) is 28.7 Å². The van der Waals surface area contributed by atoms with E-state index in [0.717, 1.165) is 19.2 Å². The molecule has 0 bridgehead atoms. The molecule has 0 saturated heterocycles. The van der Waals surface area contributed by atoms with Crippen LogP contribution in [-0.2, 0) is 16.7 Å². The highest BCUT2D eigenvalue weighted by Gasteiger charge is 2.59. The minimum Gasteiger partial charge on any atom is -0.385 e. The Kier molecular flexibility index (Phi) is 5.64. The summed E-state index contributed by atoms with van der Waals surface area (Å²) in [5, 5.41) is 0. The average Bonchev–Trinajstić information content (AvgIpc) is 2.65. The summed E-state index contributed by atoms with van der Waals surface area (Å²) in [5.74, 6) is -2.55. The van der Waals surface area contributed by atoms with Gasteiger partial charge in [0.15, 0.2) is 5.78 Å². The summed E-state index contributed by atoms with van der Waals surface area (Å²) in [5.41, 5.74) is 2.02. The molecule has 2 atom stereocenters. The van der Waals surface area contributed by atoms with Crippen LogP contribution in [0.2, 0.25) is 0 Å². The molecule has 0 aliphatic carbocycles. The van der Waals surface area contributed by atoms with Gasteiger partial charge < -0.3 is 10.5 Å². The van der Waals surface area contributed by atoms with Crippen LogP contribution in [0.3, 0.4) is 0 Å².